The van der Waals surface area contributed by atoms with Crippen LogP contribution in [0.15, 0.2) is 42.5 Å². The lowest BCUT2D eigenvalue weighted by Gasteiger charge is -2.23. The number of hydrogen-bond acceptors (Lipinski definition) is 2. The molecule has 0 heterocycles. The Morgan fingerprint density at radius 3 is 2.83 bits per heavy atom. The zero-order chi connectivity index (χ0) is 12.8. The molecule has 0 spiro atoms. The predicted octanol–water partition coefficient (Wildman–Crippen LogP) is 3.17. The number of allylic oxidation sites excluding steroid dienone is 1. The summed E-state index contributed by atoms with van der Waals surface area (Å²) >= 11 is 0. The molecule has 0 saturated heterocycles. The zero-order valence-corrected chi connectivity index (χ0v) is 11.0. The van der Waals surface area contributed by atoms with Crippen molar-refractivity contribution in [1.82, 2.24) is 0 Å². The van der Waals surface area contributed by atoms with E-state index in [1.54, 1.807) is 0 Å². The molecular weight excluding hydrogens is 224 g/mol. The predicted molar refractivity (Wildman–Crippen MR) is 73.1 cm³/mol. The Balaban J connectivity index is 1.78. The molecule has 1 aromatic carbocycles. The highest BCUT2D eigenvalue weighted by atomic mass is 16.5. The number of aliphatic hydroxyl groups is 1. The Hall–Kier alpha value is -1.12. The molecule has 98 valence electrons. The van der Waals surface area contributed by atoms with Gasteiger partial charge in [0.2, 0.25) is 0 Å². The molecule has 0 aromatic heterocycles. The number of hydrogen-bond donors (Lipinski definition) is 1. The first-order chi connectivity index (χ1) is 8.81. The lowest BCUT2D eigenvalue weighted by molar-refractivity contribution is 0.0368. The van der Waals surface area contributed by atoms with Crippen molar-refractivity contribution in [1.29, 1.82) is 0 Å². The SMILES string of the molecule is CC[C@H](O)[C@@H]1CC=C[C@H]1COCc1ccccc1. The third-order valence-corrected chi connectivity index (χ3v) is 3.68. The summed E-state index contributed by atoms with van der Waals surface area (Å²) in [7, 11) is 0. The van der Waals surface area contributed by atoms with Gasteiger partial charge in [0.1, 0.15) is 0 Å². The van der Waals surface area contributed by atoms with Crippen LogP contribution in [0.1, 0.15) is 25.3 Å². The van der Waals surface area contributed by atoms with Gasteiger partial charge in [0.25, 0.3) is 0 Å². The van der Waals surface area contributed by atoms with Crippen molar-refractivity contribution >= 4 is 0 Å². The van der Waals surface area contributed by atoms with Crippen molar-refractivity contribution in [3.63, 3.8) is 0 Å². The van der Waals surface area contributed by atoms with Gasteiger partial charge in [0.15, 0.2) is 0 Å². The highest BCUT2D eigenvalue weighted by Crippen LogP contribution is 2.30. The number of ether oxygens (including phenoxy) is 1. The first-order valence-corrected chi connectivity index (χ1v) is 6.77. The van der Waals surface area contributed by atoms with Gasteiger partial charge in [0.05, 0.1) is 19.3 Å². The number of aliphatic hydroxyl groups excluding tert-OH is 1. The van der Waals surface area contributed by atoms with Gasteiger partial charge in [-0.1, -0.05) is 49.4 Å². The zero-order valence-electron chi connectivity index (χ0n) is 11.0. The summed E-state index contributed by atoms with van der Waals surface area (Å²) in [5.41, 5.74) is 1.20. The summed E-state index contributed by atoms with van der Waals surface area (Å²) in [6, 6.07) is 10.2. The van der Waals surface area contributed by atoms with E-state index in [2.05, 4.69) is 24.3 Å². The topological polar surface area (TPSA) is 29.5 Å². The van der Waals surface area contributed by atoms with E-state index in [1.807, 2.05) is 25.1 Å². The Labute approximate surface area is 109 Å². The smallest absolute Gasteiger partial charge is 0.0717 e. The maximum absolute atomic E-state index is 9.95. The van der Waals surface area contributed by atoms with Crippen molar-refractivity contribution in [2.45, 2.75) is 32.5 Å². The Morgan fingerprint density at radius 1 is 1.33 bits per heavy atom. The second-order valence-electron chi connectivity index (χ2n) is 4.97. The second kappa shape index (κ2) is 6.72. The Morgan fingerprint density at radius 2 is 2.11 bits per heavy atom. The van der Waals surface area contributed by atoms with Gasteiger partial charge in [-0.15, -0.1) is 0 Å². The quantitative estimate of drug-likeness (QED) is 0.781. The van der Waals surface area contributed by atoms with Crippen molar-refractivity contribution in [2.75, 3.05) is 6.61 Å². The lowest BCUT2D eigenvalue weighted by atomic mass is 9.89. The fourth-order valence-corrected chi connectivity index (χ4v) is 2.54. The second-order valence-corrected chi connectivity index (χ2v) is 4.97. The average Bonchev–Trinajstić information content (AvgIpc) is 2.87. The van der Waals surface area contributed by atoms with E-state index in [9.17, 15) is 5.11 Å². The van der Waals surface area contributed by atoms with E-state index in [4.69, 9.17) is 4.74 Å². The van der Waals surface area contributed by atoms with E-state index in [0.29, 0.717) is 25.0 Å². The largest absolute Gasteiger partial charge is 0.393 e. The van der Waals surface area contributed by atoms with E-state index >= 15 is 0 Å². The van der Waals surface area contributed by atoms with Gasteiger partial charge in [-0.3, -0.25) is 0 Å². The molecule has 2 rings (SSSR count). The lowest BCUT2D eigenvalue weighted by Crippen LogP contribution is -2.26. The van der Waals surface area contributed by atoms with Crippen LogP contribution in [0.3, 0.4) is 0 Å². The summed E-state index contributed by atoms with van der Waals surface area (Å²) in [4.78, 5) is 0. The molecule has 18 heavy (non-hydrogen) atoms. The van der Waals surface area contributed by atoms with E-state index < -0.39 is 0 Å². The van der Waals surface area contributed by atoms with Crippen LogP contribution in [0.5, 0.6) is 0 Å². The van der Waals surface area contributed by atoms with Gasteiger partial charge >= 0.3 is 0 Å². The molecule has 0 radical (unpaired) electrons. The molecule has 0 unspecified atom stereocenters. The normalized spacial score (nSPS) is 24.3. The molecule has 2 heteroatoms. The van der Waals surface area contributed by atoms with Crippen LogP contribution in [-0.4, -0.2) is 17.8 Å². The van der Waals surface area contributed by atoms with E-state index in [0.717, 1.165) is 12.8 Å². The molecular formula is C16H22O2. The minimum Gasteiger partial charge on any atom is -0.393 e. The van der Waals surface area contributed by atoms with Crippen molar-refractivity contribution in [2.24, 2.45) is 11.8 Å². The third-order valence-electron chi connectivity index (χ3n) is 3.68. The molecule has 0 bridgehead atoms. The van der Waals surface area contributed by atoms with Crippen LogP contribution in [0.25, 0.3) is 0 Å². The number of rotatable bonds is 6. The van der Waals surface area contributed by atoms with Crippen molar-refractivity contribution in [3.05, 3.63) is 48.0 Å². The molecule has 0 aliphatic heterocycles. The Bertz CT molecular complexity index is 372. The van der Waals surface area contributed by atoms with Crippen LogP contribution in [-0.2, 0) is 11.3 Å². The van der Waals surface area contributed by atoms with Crippen LogP contribution in [0, 0.1) is 11.8 Å². The molecule has 2 nitrogen and oxygen atoms in total. The summed E-state index contributed by atoms with van der Waals surface area (Å²) in [6.45, 7) is 3.39. The van der Waals surface area contributed by atoms with E-state index in [-0.39, 0.29) is 6.10 Å². The highest BCUT2D eigenvalue weighted by Gasteiger charge is 2.28. The molecule has 3 atom stereocenters. The first-order valence-electron chi connectivity index (χ1n) is 6.77. The van der Waals surface area contributed by atoms with Gasteiger partial charge in [0, 0.05) is 5.92 Å². The van der Waals surface area contributed by atoms with Gasteiger partial charge < -0.3 is 9.84 Å². The standard InChI is InChI=1S/C16H22O2/c1-2-16(17)15-10-6-9-14(15)12-18-11-13-7-4-3-5-8-13/h3-9,14-17H,2,10-12H2,1H3/t14-,15+,16-/m0/s1. The maximum Gasteiger partial charge on any atom is 0.0717 e. The molecule has 1 N–H and O–H groups in total. The minimum absolute atomic E-state index is 0.203. The minimum atomic E-state index is -0.203. The Kier molecular flexibility index (Phi) is 4.97. The highest BCUT2D eigenvalue weighted by molar-refractivity contribution is 5.13. The molecule has 1 aliphatic carbocycles. The molecule has 0 fully saturated rings. The average molecular weight is 246 g/mol. The fourth-order valence-electron chi connectivity index (χ4n) is 2.54. The van der Waals surface area contributed by atoms with E-state index in [1.165, 1.54) is 5.56 Å². The summed E-state index contributed by atoms with van der Waals surface area (Å²) in [5, 5.41) is 9.95. The summed E-state index contributed by atoms with van der Waals surface area (Å²) < 4.78 is 5.77. The monoisotopic (exact) mass is 246 g/mol. The van der Waals surface area contributed by atoms with Crippen molar-refractivity contribution in [3.8, 4) is 0 Å². The third kappa shape index (κ3) is 3.44. The van der Waals surface area contributed by atoms with Crippen LogP contribution < -0.4 is 0 Å². The molecule has 0 saturated carbocycles. The first kappa shape index (κ1) is 13.3. The summed E-state index contributed by atoms with van der Waals surface area (Å²) in [6.07, 6.45) is 5.95. The van der Waals surface area contributed by atoms with Crippen LogP contribution in [0.2, 0.25) is 0 Å². The van der Waals surface area contributed by atoms with Crippen LogP contribution in [0.4, 0.5) is 0 Å². The van der Waals surface area contributed by atoms with Gasteiger partial charge in [-0.05, 0) is 24.3 Å². The van der Waals surface area contributed by atoms with Gasteiger partial charge in [-0.25, -0.2) is 0 Å². The van der Waals surface area contributed by atoms with Crippen LogP contribution >= 0.6 is 0 Å². The maximum atomic E-state index is 9.95. The molecule has 0 amide bonds. The van der Waals surface area contributed by atoms with Crippen molar-refractivity contribution < 1.29 is 9.84 Å². The molecule has 1 aliphatic rings. The molecule has 1 aromatic rings. The summed E-state index contributed by atoms with van der Waals surface area (Å²) in [5.74, 6) is 0.703. The van der Waals surface area contributed by atoms with Gasteiger partial charge in [-0.2, -0.15) is 0 Å². The number of benzene rings is 1. The fraction of sp³-hybridized carbons (Fsp3) is 0.500.